The van der Waals surface area contributed by atoms with E-state index in [4.69, 9.17) is 4.74 Å². The van der Waals surface area contributed by atoms with Crippen LogP contribution in [0.25, 0.3) is 11.0 Å². The summed E-state index contributed by atoms with van der Waals surface area (Å²) in [5, 5.41) is 11.0. The molecule has 0 aliphatic heterocycles. The summed E-state index contributed by atoms with van der Waals surface area (Å²) >= 11 is 0. The Morgan fingerprint density at radius 2 is 1.86 bits per heavy atom. The molecule has 0 spiro atoms. The van der Waals surface area contributed by atoms with Gasteiger partial charge in [-0.05, 0) is 42.8 Å². The van der Waals surface area contributed by atoms with Gasteiger partial charge in [-0.15, -0.1) is 5.10 Å². The maximum absolute atomic E-state index is 14.3. The topological polar surface area (TPSA) is 89.4 Å². The average molecular weight is 476 g/mol. The Labute approximate surface area is 202 Å². The van der Waals surface area contributed by atoms with E-state index in [9.17, 15) is 14.0 Å². The molecule has 35 heavy (non-hydrogen) atoms. The summed E-state index contributed by atoms with van der Waals surface area (Å²) in [6.07, 6.45) is 0. The lowest BCUT2D eigenvalue weighted by molar-refractivity contribution is -0.127. The van der Waals surface area contributed by atoms with Crippen molar-refractivity contribution in [2.75, 3.05) is 25.2 Å². The predicted octanol–water partition coefficient (Wildman–Crippen LogP) is 3.42. The van der Waals surface area contributed by atoms with Crippen LogP contribution in [0.2, 0.25) is 0 Å². The van der Waals surface area contributed by atoms with Crippen molar-refractivity contribution in [3.63, 3.8) is 0 Å². The number of halogens is 1. The fourth-order valence-corrected chi connectivity index (χ4v) is 3.84. The molecule has 0 aliphatic rings. The van der Waals surface area contributed by atoms with E-state index in [1.54, 1.807) is 24.3 Å². The van der Waals surface area contributed by atoms with Crippen molar-refractivity contribution < 1.29 is 18.7 Å². The van der Waals surface area contributed by atoms with Crippen molar-refractivity contribution in [3.05, 3.63) is 89.7 Å². The van der Waals surface area contributed by atoms with E-state index in [-0.39, 0.29) is 18.8 Å². The molecule has 2 amide bonds. The average Bonchev–Trinajstić information content (AvgIpc) is 3.26. The van der Waals surface area contributed by atoms with Crippen molar-refractivity contribution in [1.29, 1.82) is 0 Å². The van der Waals surface area contributed by atoms with Gasteiger partial charge >= 0.3 is 0 Å². The van der Waals surface area contributed by atoms with E-state index in [1.165, 1.54) is 34.9 Å². The van der Waals surface area contributed by atoms with E-state index in [0.29, 0.717) is 23.2 Å². The van der Waals surface area contributed by atoms with Crippen LogP contribution in [0.15, 0.2) is 72.8 Å². The zero-order valence-electron chi connectivity index (χ0n) is 19.5. The van der Waals surface area contributed by atoms with Crippen LogP contribution >= 0.6 is 0 Å². The molecule has 9 heteroatoms. The first kappa shape index (κ1) is 24.0. The molecule has 180 valence electrons. The van der Waals surface area contributed by atoms with E-state index < -0.39 is 23.7 Å². The third kappa shape index (κ3) is 5.52. The molecule has 0 radical (unpaired) electrons. The normalized spacial score (nSPS) is 11.9. The molecule has 0 aliphatic carbocycles. The molecule has 0 saturated heterocycles. The molecule has 8 nitrogen and oxygen atoms in total. The van der Waals surface area contributed by atoms with E-state index in [0.717, 1.165) is 5.56 Å². The molecule has 1 heterocycles. The number of methoxy groups -OCH3 is 1. The molecule has 4 aromatic rings. The van der Waals surface area contributed by atoms with Crippen molar-refractivity contribution in [1.82, 2.24) is 20.3 Å². The lowest BCUT2D eigenvalue weighted by Gasteiger charge is -2.31. The van der Waals surface area contributed by atoms with Crippen molar-refractivity contribution in [2.24, 2.45) is 0 Å². The number of anilines is 1. The van der Waals surface area contributed by atoms with Gasteiger partial charge in [0.05, 0.1) is 12.1 Å². The van der Waals surface area contributed by atoms with Crippen LogP contribution in [-0.2, 0) is 20.9 Å². The van der Waals surface area contributed by atoms with Gasteiger partial charge in [-0.25, -0.2) is 9.07 Å². The zero-order valence-corrected chi connectivity index (χ0v) is 19.5. The number of aromatic nitrogens is 3. The molecule has 0 saturated carbocycles. The molecule has 0 bridgehead atoms. The van der Waals surface area contributed by atoms with Crippen LogP contribution in [0.3, 0.4) is 0 Å². The minimum Gasteiger partial charge on any atom is -0.383 e. The SMILES string of the molecule is COCCNC(=O)[C@@H](c1ccc(C)cc1)N(C(=O)Cn1nnc2ccccc21)c1cccc(F)c1. The molecular formula is C26H26FN5O3. The van der Waals surface area contributed by atoms with Gasteiger partial charge in [-0.1, -0.05) is 53.2 Å². The van der Waals surface area contributed by atoms with Crippen LogP contribution < -0.4 is 10.2 Å². The summed E-state index contributed by atoms with van der Waals surface area (Å²) in [6, 6.07) is 19.2. The van der Waals surface area contributed by atoms with Crippen LogP contribution in [-0.4, -0.2) is 47.1 Å². The highest BCUT2D eigenvalue weighted by molar-refractivity contribution is 6.01. The summed E-state index contributed by atoms with van der Waals surface area (Å²) in [5.41, 5.74) is 3.17. The lowest BCUT2D eigenvalue weighted by Crippen LogP contribution is -2.46. The van der Waals surface area contributed by atoms with E-state index in [1.807, 2.05) is 37.3 Å². The number of nitrogens with zero attached hydrogens (tertiary/aromatic N) is 4. The molecule has 1 atom stereocenters. The lowest BCUT2D eigenvalue weighted by atomic mass is 10.0. The van der Waals surface area contributed by atoms with Crippen LogP contribution in [0, 0.1) is 12.7 Å². The number of aryl methyl sites for hydroxylation is 1. The first-order chi connectivity index (χ1) is 17.0. The standard InChI is InChI=1S/C26H26FN5O3/c1-18-10-12-19(13-11-18)25(26(34)28-14-15-35-2)32(21-7-5-6-20(27)16-21)24(33)17-31-23-9-4-3-8-22(23)29-30-31/h3-13,16,25H,14-15,17H2,1-2H3,(H,28,34)/t25-/m1/s1. The van der Waals surface area contributed by atoms with Gasteiger partial charge in [0.1, 0.15) is 23.9 Å². The van der Waals surface area contributed by atoms with Gasteiger partial charge in [-0.2, -0.15) is 0 Å². The largest absolute Gasteiger partial charge is 0.383 e. The molecule has 1 N–H and O–H groups in total. The molecular weight excluding hydrogens is 449 g/mol. The molecule has 0 unspecified atom stereocenters. The number of benzene rings is 3. The number of carbonyl (C=O) groups excluding carboxylic acids is 2. The highest BCUT2D eigenvalue weighted by Crippen LogP contribution is 2.29. The Kier molecular flexibility index (Phi) is 7.47. The van der Waals surface area contributed by atoms with Gasteiger partial charge in [0, 0.05) is 19.3 Å². The minimum absolute atomic E-state index is 0.190. The van der Waals surface area contributed by atoms with Crippen LogP contribution in [0.5, 0.6) is 0 Å². The summed E-state index contributed by atoms with van der Waals surface area (Å²) < 4.78 is 20.8. The van der Waals surface area contributed by atoms with Crippen molar-refractivity contribution in [2.45, 2.75) is 19.5 Å². The molecule has 4 rings (SSSR count). The first-order valence-electron chi connectivity index (χ1n) is 11.2. The highest BCUT2D eigenvalue weighted by Gasteiger charge is 2.33. The third-order valence-corrected chi connectivity index (χ3v) is 5.57. The molecule has 3 aromatic carbocycles. The number of amides is 2. The van der Waals surface area contributed by atoms with E-state index in [2.05, 4.69) is 15.6 Å². The van der Waals surface area contributed by atoms with Crippen molar-refractivity contribution >= 4 is 28.5 Å². The Hall–Kier alpha value is -4.11. The number of rotatable bonds is 9. The predicted molar refractivity (Wildman–Crippen MR) is 130 cm³/mol. The van der Waals surface area contributed by atoms with Crippen LogP contribution in [0.4, 0.5) is 10.1 Å². The summed E-state index contributed by atoms with van der Waals surface area (Å²) in [7, 11) is 1.54. The minimum atomic E-state index is -1.04. The zero-order chi connectivity index (χ0) is 24.8. The third-order valence-electron chi connectivity index (χ3n) is 5.57. The number of nitrogens with one attached hydrogen (secondary N) is 1. The number of ether oxygens (including phenoxy) is 1. The van der Waals surface area contributed by atoms with Gasteiger partial charge in [0.15, 0.2) is 0 Å². The number of carbonyl (C=O) groups is 2. The summed E-state index contributed by atoms with van der Waals surface area (Å²) in [4.78, 5) is 28.5. The fraction of sp³-hybridized carbons (Fsp3) is 0.231. The van der Waals surface area contributed by atoms with E-state index >= 15 is 0 Å². The second kappa shape index (κ2) is 10.9. The Balaban J connectivity index is 1.77. The number of hydrogen-bond donors (Lipinski definition) is 1. The quantitative estimate of drug-likeness (QED) is 0.375. The highest BCUT2D eigenvalue weighted by atomic mass is 19.1. The smallest absolute Gasteiger partial charge is 0.249 e. The number of fused-ring (bicyclic) bond motifs is 1. The Bertz CT molecular complexity index is 1320. The second-order valence-electron chi connectivity index (χ2n) is 8.08. The van der Waals surface area contributed by atoms with Gasteiger partial charge in [0.2, 0.25) is 11.8 Å². The van der Waals surface area contributed by atoms with Crippen molar-refractivity contribution in [3.8, 4) is 0 Å². The molecule has 1 aromatic heterocycles. The van der Waals surface area contributed by atoms with Gasteiger partial charge in [-0.3, -0.25) is 14.5 Å². The summed E-state index contributed by atoms with van der Waals surface area (Å²) in [5.74, 6) is -1.38. The Morgan fingerprint density at radius 1 is 1.09 bits per heavy atom. The van der Waals surface area contributed by atoms with Gasteiger partial charge < -0.3 is 10.1 Å². The Morgan fingerprint density at radius 3 is 2.60 bits per heavy atom. The van der Waals surface area contributed by atoms with Crippen LogP contribution in [0.1, 0.15) is 17.2 Å². The van der Waals surface area contributed by atoms with Gasteiger partial charge in [0.25, 0.3) is 0 Å². The number of para-hydroxylation sites is 1. The molecule has 0 fully saturated rings. The monoisotopic (exact) mass is 475 g/mol. The first-order valence-corrected chi connectivity index (χ1v) is 11.2. The second-order valence-corrected chi connectivity index (χ2v) is 8.08. The maximum Gasteiger partial charge on any atom is 0.249 e. The summed E-state index contributed by atoms with van der Waals surface area (Å²) in [6.45, 7) is 2.31. The fourth-order valence-electron chi connectivity index (χ4n) is 3.84. The number of hydrogen-bond acceptors (Lipinski definition) is 5. The maximum atomic E-state index is 14.3.